The van der Waals surface area contributed by atoms with E-state index in [1.165, 1.54) is 29.5 Å². The second kappa shape index (κ2) is 5.69. The van der Waals surface area contributed by atoms with Crippen LogP contribution in [0.4, 0.5) is 0 Å². The van der Waals surface area contributed by atoms with Crippen molar-refractivity contribution in [2.45, 2.75) is 79.1 Å². The topological polar surface area (TPSA) is 0 Å². The quantitative estimate of drug-likeness (QED) is 0.637. The Morgan fingerprint density at radius 3 is 1.53 bits per heavy atom. The lowest BCUT2D eigenvalue weighted by atomic mass is 9.79. The Labute approximate surface area is 120 Å². The predicted molar refractivity (Wildman–Crippen MR) is 87.0 cm³/mol. The molecule has 0 aliphatic heterocycles. The van der Waals surface area contributed by atoms with E-state index >= 15 is 0 Å². The Balaban J connectivity index is 3.17. The van der Waals surface area contributed by atoms with E-state index < -0.39 is 0 Å². The summed E-state index contributed by atoms with van der Waals surface area (Å²) in [6.45, 7) is 18.4. The summed E-state index contributed by atoms with van der Waals surface area (Å²) in [5.41, 5.74) is 4.91. The van der Waals surface area contributed by atoms with E-state index in [2.05, 4.69) is 73.6 Å². The summed E-state index contributed by atoms with van der Waals surface area (Å²) in [6, 6.07) is 7.23. The summed E-state index contributed by atoms with van der Waals surface area (Å²) < 4.78 is 0. The van der Waals surface area contributed by atoms with E-state index in [9.17, 15) is 0 Å². The van der Waals surface area contributed by atoms with E-state index in [0.717, 1.165) is 5.92 Å². The summed E-state index contributed by atoms with van der Waals surface area (Å²) in [4.78, 5) is 0. The smallest absolute Gasteiger partial charge is 0.0132 e. The second-order valence-electron chi connectivity index (χ2n) is 8.35. The molecular weight excluding hydrogens is 228 g/mol. The highest BCUT2D eigenvalue weighted by molar-refractivity contribution is 5.37. The first-order valence-corrected chi connectivity index (χ1v) is 7.65. The Hall–Kier alpha value is -0.780. The third-order valence-electron chi connectivity index (χ3n) is 3.74. The van der Waals surface area contributed by atoms with Gasteiger partial charge in [-0.15, -0.1) is 0 Å². The molecular formula is C19H32. The molecule has 1 aromatic carbocycles. The fraction of sp³-hybridized carbons (Fsp3) is 0.684. The Kier molecular flexibility index (Phi) is 4.87. The molecule has 0 N–H and O–H groups in total. The van der Waals surface area contributed by atoms with E-state index in [4.69, 9.17) is 0 Å². The molecule has 0 amide bonds. The molecule has 0 fully saturated rings. The first kappa shape index (κ1) is 16.3. The van der Waals surface area contributed by atoms with Crippen LogP contribution < -0.4 is 0 Å². The Morgan fingerprint density at radius 1 is 0.789 bits per heavy atom. The zero-order valence-corrected chi connectivity index (χ0v) is 14.2. The van der Waals surface area contributed by atoms with Crippen LogP contribution in [0.1, 0.15) is 78.5 Å². The summed E-state index contributed by atoms with van der Waals surface area (Å²) >= 11 is 0. The molecule has 0 unspecified atom stereocenters. The van der Waals surface area contributed by atoms with Gasteiger partial charge in [-0.25, -0.2) is 0 Å². The Morgan fingerprint density at radius 2 is 1.21 bits per heavy atom. The van der Waals surface area contributed by atoms with Gasteiger partial charge in [-0.1, -0.05) is 73.6 Å². The van der Waals surface area contributed by atoms with E-state index in [1.807, 2.05) is 0 Å². The molecule has 1 aromatic rings. The maximum atomic E-state index is 2.41. The minimum Gasteiger partial charge on any atom is -0.0628 e. The number of rotatable bonds is 3. The minimum absolute atomic E-state index is 0.230. The molecule has 0 saturated carbocycles. The van der Waals surface area contributed by atoms with Crippen LogP contribution in [0.5, 0.6) is 0 Å². The zero-order chi connectivity index (χ0) is 14.8. The first-order valence-electron chi connectivity index (χ1n) is 7.65. The standard InChI is InChI=1S/C19H32/c1-14(2)9-10-15-11-16(18(3,4)5)13-17(12-15)19(6,7)8/h11-14H,9-10H2,1-8H3. The molecule has 0 spiro atoms. The van der Waals surface area contributed by atoms with Gasteiger partial charge in [-0.3, -0.25) is 0 Å². The lowest BCUT2D eigenvalue weighted by Crippen LogP contribution is -2.17. The fourth-order valence-corrected chi connectivity index (χ4v) is 2.16. The largest absolute Gasteiger partial charge is 0.0628 e. The molecule has 0 aliphatic carbocycles. The van der Waals surface area contributed by atoms with Crippen LogP contribution in [-0.2, 0) is 17.3 Å². The molecule has 19 heavy (non-hydrogen) atoms. The van der Waals surface area contributed by atoms with Crippen LogP contribution in [-0.4, -0.2) is 0 Å². The van der Waals surface area contributed by atoms with Gasteiger partial charge in [0.05, 0.1) is 0 Å². The van der Waals surface area contributed by atoms with Gasteiger partial charge in [-0.2, -0.15) is 0 Å². The molecule has 0 aromatic heterocycles. The lowest BCUT2D eigenvalue weighted by Gasteiger charge is -2.26. The third kappa shape index (κ3) is 5.01. The highest BCUT2D eigenvalue weighted by atomic mass is 14.2. The van der Waals surface area contributed by atoms with Crippen molar-refractivity contribution in [2.24, 2.45) is 5.92 Å². The normalized spacial score (nSPS) is 13.1. The molecule has 108 valence electrons. The highest BCUT2D eigenvalue weighted by Crippen LogP contribution is 2.30. The molecule has 0 saturated heterocycles. The van der Waals surface area contributed by atoms with Gasteiger partial charge >= 0.3 is 0 Å². The molecule has 0 bridgehead atoms. The van der Waals surface area contributed by atoms with Crippen LogP contribution in [0.3, 0.4) is 0 Å². The van der Waals surface area contributed by atoms with E-state index in [1.54, 1.807) is 0 Å². The number of aryl methyl sites for hydroxylation is 1. The van der Waals surface area contributed by atoms with Gasteiger partial charge in [0, 0.05) is 0 Å². The van der Waals surface area contributed by atoms with E-state index in [-0.39, 0.29) is 10.8 Å². The van der Waals surface area contributed by atoms with Crippen LogP contribution >= 0.6 is 0 Å². The number of hydrogen-bond acceptors (Lipinski definition) is 0. The maximum Gasteiger partial charge on any atom is -0.0132 e. The monoisotopic (exact) mass is 260 g/mol. The van der Waals surface area contributed by atoms with Gasteiger partial charge in [-0.05, 0) is 46.3 Å². The van der Waals surface area contributed by atoms with Crippen molar-refractivity contribution < 1.29 is 0 Å². The van der Waals surface area contributed by atoms with Gasteiger partial charge < -0.3 is 0 Å². The van der Waals surface area contributed by atoms with Crippen LogP contribution in [0.25, 0.3) is 0 Å². The molecule has 0 aliphatic rings. The predicted octanol–water partition coefficient (Wildman–Crippen LogP) is 5.87. The summed E-state index contributed by atoms with van der Waals surface area (Å²) in [7, 11) is 0. The molecule has 1 rings (SSSR count). The number of hydrogen-bond donors (Lipinski definition) is 0. The summed E-state index contributed by atoms with van der Waals surface area (Å²) in [5.74, 6) is 0.774. The van der Waals surface area contributed by atoms with E-state index in [0.29, 0.717) is 0 Å². The molecule has 0 nitrogen and oxygen atoms in total. The average molecular weight is 260 g/mol. The van der Waals surface area contributed by atoms with Crippen molar-refractivity contribution in [1.82, 2.24) is 0 Å². The average Bonchev–Trinajstić information content (AvgIpc) is 2.23. The van der Waals surface area contributed by atoms with Gasteiger partial charge in [0.2, 0.25) is 0 Å². The molecule has 0 heteroatoms. The molecule has 0 heterocycles. The SMILES string of the molecule is CC(C)CCc1cc(C(C)(C)C)cc(C(C)(C)C)c1. The van der Waals surface area contributed by atoms with Crippen molar-refractivity contribution in [3.8, 4) is 0 Å². The van der Waals surface area contributed by atoms with Crippen LogP contribution in [0, 0.1) is 5.92 Å². The van der Waals surface area contributed by atoms with Crippen molar-refractivity contribution >= 4 is 0 Å². The fourth-order valence-electron chi connectivity index (χ4n) is 2.16. The number of benzene rings is 1. The highest BCUT2D eigenvalue weighted by Gasteiger charge is 2.20. The summed E-state index contributed by atoms with van der Waals surface area (Å²) in [5, 5.41) is 0. The first-order chi connectivity index (χ1) is 8.50. The third-order valence-corrected chi connectivity index (χ3v) is 3.74. The van der Waals surface area contributed by atoms with Gasteiger partial charge in [0.15, 0.2) is 0 Å². The summed E-state index contributed by atoms with van der Waals surface area (Å²) in [6.07, 6.45) is 2.47. The van der Waals surface area contributed by atoms with Crippen molar-refractivity contribution in [1.29, 1.82) is 0 Å². The maximum absolute atomic E-state index is 2.41. The van der Waals surface area contributed by atoms with Crippen molar-refractivity contribution in [2.75, 3.05) is 0 Å². The van der Waals surface area contributed by atoms with Crippen LogP contribution in [0.15, 0.2) is 18.2 Å². The zero-order valence-electron chi connectivity index (χ0n) is 14.2. The molecule has 0 radical (unpaired) electrons. The van der Waals surface area contributed by atoms with Gasteiger partial charge in [0.1, 0.15) is 0 Å². The second-order valence-corrected chi connectivity index (χ2v) is 8.35. The molecule has 0 atom stereocenters. The lowest BCUT2D eigenvalue weighted by molar-refractivity contribution is 0.560. The van der Waals surface area contributed by atoms with Gasteiger partial charge in [0.25, 0.3) is 0 Å². The van der Waals surface area contributed by atoms with Crippen molar-refractivity contribution in [3.05, 3.63) is 34.9 Å². The van der Waals surface area contributed by atoms with Crippen LogP contribution in [0.2, 0.25) is 0 Å². The van der Waals surface area contributed by atoms with Crippen molar-refractivity contribution in [3.63, 3.8) is 0 Å². The minimum atomic E-state index is 0.230. The Bertz CT molecular complexity index is 378.